The van der Waals surface area contributed by atoms with Crippen molar-refractivity contribution in [2.45, 2.75) is 39.7 Å². The van der Waals surface area contributed by atoms with Gasteiger partial charge < -0.3 is 24.7 Å². The average Bonchev–Trinajstić information content (AvgIpc) is 2.66. The van der Waals surface area contributed by atoms with Gasteiger partial charge in [0.15, 0.2) is 5.69 Å². The summed E-state index contributed by atoms with van der Waals surface area (Å²) in [5, 5.41) is 22.8. The molecule has 0 aromatic heterocycles. The Hall–Kier alpha value is -2.72. The van der Waals surface area contributed by atoms with E-state index >= 15 is 0 Å². The van der Waals surface area contributed by atoms with Gasteiger partial charge in [-0.3, -0.25) is 0 Å². The number of hydrogen-bond acceptors (Lipinski definition) is 8. The van der Waals surface area contributed by atoms with Crippen molar-refractivity contribution in [3.8, 4) is 0 Å². The van der Waals surface area contributed by atoms with Crippen molar-refractivity contribution in [2.24, 2.45) is 0 Å². The lowest BCUT2D eigenvalue weighted by Gasteiger charge is -2.31. The quantitative estimate of drug-likeness (QED) is 0.328. The van der Waals surface area contributed by atoms with Crippen LogP contribution in [0.1, 0.15) is 39.2 Å². The average molecular weight is 420 g/mol. The molecule has 0 bridgehead atoms. The molecule has 0 radical (unpaired) electrons. The molecule has 3 N–H and O–H groups in total. The highest BCUT2D eigenvalue weighted by Crippen LogP contribution is 2.39. The number of methoxy groups -OCH3 is 1. The first-order valence-corrected chi connectivity index (χ1v) is 9.56. The number of nitrogens with one attached hydrogen (secondary N) is 2. The van der Waals surface area contributed by atoms with E-state index < -0.39 is 23.1 Å². The fourth-order valence-electron chi connectivity index (χ4n) is 3.29. The summed E-state index contributed by atoms with van der Waals surface area (Å²) in [5.74, 6) is -2.05. The predicted octanol–water partition coefficient (Wildman–Crippen LogP) is 1.47. The van der Waals surface area contributed by atoms with Crippen molar-refractivity contribution in [3.05, 3.63) is 57.6 Å². The standard InChI is InChI=1S/C21H28N2O7/c1-12(2)30-21(25)18-14(4)22-13(3)17(20(24)29-10-9-28-5)19(18)15-7-6-8-16(11-15)23(26)27/h6-8,11-12,19,22-23,26H,9-10H2,1-5H3. The van der Waals surface area contributed by atoms with E-state index in [4.69, 9.17) is 14.2 Å². The van der Waals surface area contributed by atoms with Crippen molar-refractivity contribution in [3.63, 3.8) is 0 Å². The van der Waals surface area contributed by atoms with Gasteiger partial charge in [0.05, 0.1) is 29.8 Å². The molecule has 1 heterocycles. The second-order valence-corrected chi connectivity index (χ2v) is 7.15. The number of rotatable bonds is 8. The summed E-state index contributed by atoms with van der Waals surface area (Å²) >= 11 is 0. The molecule has 0 spiro atoms. The van der Waals surface area contributed by atoms with Crippen molar-refractivity contribution in [1.29, 1.82) is 0 Å². The fraction of sp³-hybridized carbons (Fsp3) is 0.429. The third kappa shape index (κ3) is 5.45. The molecule has 2 rings (SSSR count). The van der Waals surface area contributed by atoms with E-state index in [1.807, 2.05) is 0 Å². The van der Waals surface area contributed by atoms with Crippen LogP contribution in [0.2, 0.25) is 0 Å². The van der Waals surface area contributed by atoms with E-state index in [9.17, 15) is 20.0 Å². The van der Waals surface area contributed by atoms with E-state index in [2.05, 4.69) is 5.32 Å². The van der Waals surface area contributed by atoms with E-state index in [1.54, 1.807) is 39.8 Å². The Kier molecular flexibility index (Phi) is 8.13. The third-order valence-electron chi connectivity index (χ3n) is 4.53. The smallest absolute Gasteiger partial charge is 0.337 e. The minimum Gasteiger partial charge on any atom is -0.595 e. The van der Waals surface area contributed by atoms with Crippen molar-refractivity contribution < 1.29 is 34.2 Å². The van der Waals surface area contributed by atoms with Crippen molar-refractivity contribution in [1.82, 2.24) is 5.32 Å². The Balaban J connectivity index is 2.59. The molecule has 0 saturated carbocycles. The van der Waals surface area contributed by atoms with Gasteiger partial charge >= 0.3 is 11.9 Å². The zero-order valence-electron chi connectivity index (χ0n) is 17.8. The molecule has 0 fully saturated rings. The minimum absolute atomic E-state index is 0.0441. The van der Waals surface area contributed by atoms with Crippen LogP contribution in [0.4, 0.5) is 5.69 Å². The maximum absolute atomic E-state index is 12.9. The number of esters is 2. The number of dihydropyridines is 1. The van der Waals surface area contributed by atoms with Gasteiger partial charge in [0.2, 0.25) is 0 Å². The lowest BCUT2D eigenvalue weighted by molar-refractivity contribution is -0.991. The van der Waals surface area contributed by atoms with Gasteiger partial charge in [0.1, 0.15) is 6.61 Å². The molecular formula is C21H28N2O7. The molecule has 2 atom stereocenters. The molecule has 1 aromatic rings. The van der Waals surface area contributed by atoms with Crippen molar-refractivity contribution in [2.75, 3.05) is 20.3 Å². The van der Waals surface area contributed by atoms with E-state index in [0.29, 0.717) is 17.0 Å². The van der Waals surface area contributed by atoms with Gasteiger partial charge in [0, 0.05) is 30.6 Å². The summed E-state index contributed by atoms with van der Waals surface area (Å²) in [6.45, 7) is 7.14. The molecule has 2 unspecified atom stereocenters. The van der Waals surface area contributed by atoms with E-state index in [0.717, 1.165) is 0 Å². The summed E-state index contributed by atoms with van der Waals surface area (Å²) in [5.41, 5.74) is 2.01. The highest BCUT2D eigenvalue weighted by molar-refractivity contribution is 6.00. The van der Waals surface area contributed by atoms with Gasteiger partial charge in [0.25, 0.3) is 0 Å². The molecular weight excluding hydrogens is 392 g/mol. The maximum atomic E-state index is 12.9. The molecule has 1 aromatic carbocycles. The highest BCUT2D eigenvalue weighted by atomic mass is 16.8. The number of carbonyl (C=O) groups is 2. The zero-order valence-corrected chi connectivity index (χ0v) is 17.8. The second kappa shape index (κ2) is 10.4. The first-order valence-electron chi connectivity index (χ1n) is 9.56. The van der Waals surface area contributed by atoms with Gasteiger partial charge in [-0.15, -0.1) is 0 Å². The van der Waals surface area contributed by atoms with Gasteiger partial charge in [-0.05, 0) is 33.3 Å². The van der Waals surface area contributed by atoms with Crippen LogP contribution in [-0.4, -0.2) is 43.6 Å². The topological polar surface area (TPSA) is 122 Å². The van der Waals surface area contributed by atoms with Crippen LogP contribution in [0.5, 0.6) is 0 Å². The normalized spacial score (nSPS) is 17.7. The molecule has 0 aliphatic carbocycles. The van der Waals surface area contributed by atoms with Gasteiger partial charge in [-0.1, -0.05) is 12.1 Å². The monoisotopic (exact) mass is 420 g/mol. The van der Waals surface area contributed by atoms with Crippen LogP contribution < -0.4 is 10.5 Å². The summed E-state index contributed by atoms with van der Waals surface area (Å²) in [4.78, 5) is 25.8. The number of benzene rings is 1. The Morgan fingerprint density at radius 2 is 1.80 bits per heavy atom. The van der Waals surface area contributed by atoms with Crippen LogP contribution in [0.15, 0.2) is 46.8 Å². The van der Waals surface area contributed by atoms with Crippen LogP contribution >= 0.6 is 0 Å². The Morgan fingerprint density at radius 1 is 1.17 bits per heavy atom. The van der Waals surface area contributed by atoms with Crippen LogP contribution in [0.25, 0.3) is 0 Å². The summed E-state index contributed by atoms with van der Waals surface area (Å²) < 4.78 is 15.6. The SMILES string of the molecule is COCCOC(=O)C1=C(C)NC(C)=C(C(=O)OC(C)C)C1c1cccc([NH+]([O-])O)c1. The first-order chi connectivity index (χ1) is 14.2. The van der Waals surface area contributed by atoms with Crippen LogP contribution in [0, 0.1) is 5.21 Å². The summed E-state index contributed by atoms with van der Waals surface area (Å²) in [6.07, 6.45) is -0.368. The third-order valence-corrected chi connectivity index (χ3v) is 4.53. The fourth-order valence-corrected chi connectivity index (χ4v) is 3.29. The molecule has 30 heavy (non-hydrogen) atoms. The number of allylic oxidation sites excluding steroid dienone is 2. The van der Waals surface area contributed by atoms with Gasteiger partial charge in [-0.2, -0.15) is 5.23 Å². The number of carbonyl (C=O) groups excluding carboxylic acids is 2. The minimum atomic E-state index is -1.11. The van der Waals surface area contributed by atoms with Crippen LogP contribution in [-0.2, 0) is 23.8 Å². The molecule has 1 aliphatic rings. The molecule has 0 saturated heterocycles. The lowest BCUT2D eigenvalue weighted by atomic mass is 9.80. The van der Waals surface area contributed by atoms with Crippen LogP contribution in [0.3, 0.4) is 0 Å². The summed E-state index contributed by atoms with van der Waals surface area (Å²) in [6, 6.07) is 6.14. The highest BCUT2D eigenvalue weighted by Gasteiger charge is 2.38. The van der Waals surface area contributed by atoms with Crippen molar-refractivity contribution >= 4 is 17.6 Å². The van der Waals surface area contributed by atoms with E-state index in [-0.39, 0.29) is 36.2 Å². The lowest BCUT2D eigenvalue weighted by Crippen LogP contribution is -2.99. The summed E-state index contributed by atoms with van der Waals surface area (Å²) in [7, 11) is 1.49. The maximum Gasteiger partial charge on any atom is 0.337 e. The molecule has 1 aliphatic heterocycles. The van der Waals surface area contributed by atoms with E-state index in [1.165, 1.54) is 19.2 Å². The number of ether oxygens (including phenoxy) is 3. The second-order valence-electron chi connectivity index (χ2n) is 7.15. The molecule has 9 nitrogen and oxygen atoms in total. The number of hydrogen-bond donors (Lipinski definition) is 3. The number of quaternary nitrogens is 1. The molecule has 164 valence electrons. The Morgan fingerprint density at radius 3 is 2.37 bits per heavy atom. The zero-order chi connectivity index (χ0) is 22.4. The first kappa shape index (κ1) is 23.6. The van der Waals surface area contributed by atoms with Gasteiger partial charge in [-0.25, -0.2) is 14.8 Å². The molecule has 0 amide bonds. The Bertz CT molecular complexity index is 859. The largest absolute Gasteiger partial charge is 0.595 e. The molecule has 9 heteroatoms. The Labute approximate surface area is 175 Å². The predicted molar refractivity (Wildman–Crippen MR) is 108 cm³/mol.